The molecule has 2 heterocycles. The highest BCUT2D eigenvalue weighted by Crippen LogP contribution is 2.22. The molecule has 0 unspecified atom stereocenters. The highest BCUT2D eigenvalue weighted by Gasteiger charge is 2.33. The van der Waals surface area contributed by atoms with Crippen molar-refractivity contribution in [2.24, 2.45) is 0 Å². The van der Waals surface area contributed by atoms with Crippen molar-refractivity contribution in [3.05, 3.63) is 66.0 Å². The lowest BCUT2D eigenvalue weighted by Crippen LogP contribution is -2.51. The predicted molar refractivity (Wildman–Crippen MR) is 112 cm³/mol. The normalized spacial score (nSPS) is 22.1. The number of hydrogen-bond donors (Lipinski definition) is 3. The Morgan fingerprint density at radius 3 is 2.60 bits per heavy atom. The lowest BCUT2D eigenvalue weighted by atomic mass is 9.96. The van der Waals surface area contributed by atoms with E-state index in [9.17, 15) is 14.7 Å². The molecule has 0 spiro atoms. The number of amides is 2. The van der Waals surface area contributed by atoms with E-state index in [4.69, 9.17) is 4.74 Å². The first-order valence-electron chi connectivity index (χ1n) is 10.3. The Morgan fingerprint density at radius 1 is 1.13 bits per heavy atom. The molecule has 0 radical (unpaired) electrons. The minimum Gasteiger partial charge on any atom is -0.394 e. The monoisotopic (exact) mass is 411 g/mol. The van der Waals surface area contributed by atoms with Crippen LogP contribution in [0.4, 0.5) is 0 Å². The molecule has 4 atom stereocenters. The van der Waals surface area contributed by atoms with Gasteiger partial charge < -0.3 is 20.5 Å². The molecule has 1 saturated heterocycles. The van der Waals surface area contributed by atoms with Crippen LogP contribution in [0.2, 0.25) is 0 Å². The van der Waals surface area contributed by atoms with E-state index < -0.39 is 6.10 Å². The molecule has 1 aromatic heterocycles. The fourth-order valence-corrected chi connectivity index (χ4v) is 3.70. The Kier molecular flexibility index (Phi) is 7.93. The van der Waals surface area contributed by atoms with Crippen LogP contribution in [0.15, 0.2) is 54.7 Å². The van der Waals surface area contributed by atoms with E-state index in [2.05, 4.69) is 15.6 Å². The molecular formula is C23H29N3O4. The third-order valence-electron chi connectivity index (χ3n) is 5.30. The molecule has 3 N–H and O–H groups in total. The lowest BCUT2D eigenvalue weighted by Gasteiger charge is -2.36. The Hall–Kier alpha value is -2.77. The largest absolute Gasteiger partial charge is 0.394 e. The third-order valence-corrected chi connectivity index (χ3v) is 5.30. The van der Waals surface area contributed by atoms with E-state index in [1.54, 1.807) is 18.3 Å². The number of carbonyl (C=O) groups excluding carboxylic acids is 2. The molecule has 3 rings (SSSR count). The Morgan fingerprint density at radius 2 is 1.90 bits per heavy atom. The molecule has 7 heteroatoms. The summed E-state index contributed by atoms with van der Waals surface area (Å²) in [4.78, 5) is 28.9. The van der Waals surface area contributed by atoms with Crippen molar-refractivity contribution < 1.29 is 19.4 Å². The highest BCUT2D eigenvalue weighted by atomic mass is 16.5. The molecule has 7 nitrogen and oxygen atoms in total. The summed E-state index contributed by atoms with van der Waals surface area (Å²) in [5.41, 5.74) is 1.73. The molecule has 0 saturated carbocycles. The second kappa shape index (κ2) is 10.8. The molecule has 1 aliphatic rings. The van der Waals surface area contributed by atoms with Crippen LogP contribution in [0.1, 0.15) is 43.5 Å². The van der Waals surface area contributed by atoms with Gasteiger partial charge in [-0.3, -0.25) is 14.6 Å². The van der Waals surface area contributed by atoms with Gasteiger partial charge in [-0.15, -0.1) is 0 Å². The van der Waals surface area contributed by atoms with Crippen molar-refractivity contribution >= 4 is 11.8 Å². The van der Waals surface area contributed by atoms with Gasteiger partial charge in [-0.25, -0.2) is 0 Å². The topological polar surface area (TPSA) is 101 Å². The standard InChI is InChI=1S/C23H29N3O4/c1-16(17-7-3-2-4-8-17)25-23(29)14-19-10-11-20(21(15-27)30-19)26-22(28)13-18-9-5-6-12-24-18/h2-9,12,16,19-21,27H,10-11,13-15H2,1H3,(H,25,29)(H,26,28)/t16-,19-,20-,21+/m1/s1. The maximum Gasteiger partial charge on any atom is 0.226 e. The van der Waals surface area contributed by atoms with Gasteiger partial charge in [-0.1, -0.05) is 36.4 Å². The lowest BCUT2D eigenvalue weighted by molar-refractivity contribution is -0.136. The average molecular weight is 412 g/mol. The Labute approximate surface area is 176 Å². The van der Waals surface area contributed by atoms with Crippen LogP contribution < -0.4 is 10.6 Å². The number of carbonyl (C=O) groups is 2. The number of nitrogens with zero attached hydrogens (tertiary/aromatic N) is 1. The van der Waals surface area contributed by atoms with Crippen molar-refractivity contribution in [2.45, 2.75) is 56.9 Å². The maximum absolute atomic E-state index is 12.4. The second-order valence-corrected chi connectivity index (χ2v) is 7.63. The number of hydrogen-bond acceptors (Lipinski definition) is 5. The van der Waals surface area contributed by atoms with Gasteiger partial charge in [0.1, 0.15) is 6.10 Å². The smallest absolute Gasteiger partial charge is 0.226 e. The van der Waals surface area contributed by atoms with Gasteiger partial charge in [-0.05, 0) is 37.5 Å². The summed E-state index contributed by atoms with van der Waals surface area (Å²) in [6, 6.07) is 14.8. The van der Waals surface area contributed by atoms with Crippen molar-refractivity contribution in [1.29, 1.82) is 0 Å². The fraction of sp³-hybridized carbons (Fsp3) is 0.435. The maximum atomic E-state index is 12.4. The Balaban J connectivity index is 1.46. The quantitative estimate of drug-likeness (QED) is 0.616. The van der Waals surface area contributed by atoms with Crippen molar-refractivity contribution in [3.63, 3.8) is 0 Å². The number of aromatic nitrogens is 1. The number of aliphatic hydroxyl groups excluding tert-OH is 1. The molecule has 0 aliphatic carbocycles. The van der Waals surface area contributed by atoms with Crippen LogP contribution in [0, 0.1) is 0 Å². The molecule has 0 bridgehead atoms. The zero-order valence-corrected chi connectivity index (χ0v) is 17.2. The van der Waals surface area contributed by atoms with Crippen LogP contribution in [-0.2, 0) is 20.7 Å². The van der Waals surface area contributed by atoms with Crippen molar-refractivity contribution in [2.75, 3.05) is 6.61 Å². The van der Waals surface area contributed by atoms with E-state index in [-0.39, 0.29) is 49.5 Å². The van der Waals surface area contributed by atoms with Gasteiger partial charge >= 0.3 is 0 Å². The predicted octanol–water partition coefficient (Wildman–Crippen LogP) is 1.92. The molecule has 2 amide bonds. The number of rotatable bonds is 8. The van der Waals surface area contributed by atoms with E-state index in [1.807, 2.05) is 43.3 Å². The minimum atomic E-state index is -0.532. The zero-order chi connectivity index (χ0) is 21.3. The number of ether oxygens (including phenoxy) is 1. The minimum absolute atomic E-state index is 0.0884. The van der Waals surface area contributed by atoms with E-state index in [0.29, 0.717) is 18.5 Å². The first kappa shape index (κ1) is 21.9. The van der Waals surface area contributed by atoms with Crippen LogP contribution in [0.5, 0.6) is 0 Å². The molecule has 2 aromatic rings. The van der Waals surface area contributed by atoms with Gasteiger partial charge in [0.2, 0.25) is 11.8 Å². The summed E-state index contributed by atoms with van der Waals surface area (Å²) in [5.74, 6) is -0.251. The SMILES string of the molecule is C[C@@H](NC(=O)C[C@H]1CC[C@@H](NC(=O)Cc2ccccn2)[C@H](CO)O1)c1ccccc1. The first-order valence-corrected chi connectivity index (χ1v) is 10.3. The molecule has 1 aromatic carbocycles. The summed E-state index contributed by atoms with van der Waals surface area (Å²) < 4.78 is 5.92. The molecule has 30 heavy (non-hydrogen) atoms. The summed E-state index contributed by atoms with van der Waals surface area (Å²) in [7, 11) is 0. The fourth-order valence-electron chi connectivity index (χ4n) is 3.70. The van der Waals surface area contributed by atoms with Crippen LogP contribution in [0.25, 0.3) is 0 Å². The second-order valence-electron chi connectivity index (χ2n) is 7.63. The number of aliphatic hydroxyl groups is 1. The van der Waals surface area contributed by atoms with Crippen molar-refractivity contribution in [1.82, 2.24) is 15.6 Å². The molecular weight excluding hydrogens is 382 g/mol. The van der Waals surface area contributed by atoms with Crippen LogP contribution in [0.3, 0.4) is 0 Å². The molecule has 160 valence electrons. The third kappa shape index (κ3) is 6.37. The Bertz CT molecular complexity index is 816. The highest BCUT2D eigenvalue weighted by molar-refractivity contribution is 5.78. The van der Waals surface area contributed by atoms with Crippen LogP contribution in [-0.4, -0.2) is 46.8 Å². The number of nitrogens with one attached hydrogen (secondary N) is 2. The molecule has 1 fully saturated rings. The summed E-state index contributed by atoms with van der Waals surface area (Å²) in [6.07, 6.45) is 2.52. The van der Waals surface area contributed by atoms with Gasteiger partial charge in [0.15, 0.2) is 0 Å². The van der Waals surface area contributed by atoms with Crippen molar-refractivity contribution in [3.8, 4) is 0 Å². The van der Waals surface area contributed by atoms with E-state index in [1.165, 1.54) is 0 Å². The summed E-state index contributed by atoms with van der Waals surface area (Å²) in [5, 5.41) is 15.6. The number of pyridine rings is 1. The van der Waals surface area contributed by atoms with E-state index >= 15 is 0 Å². The van der Waals surface area contributed by atoms with E-state index in [0.717, 1.165) is 5.56 Å². The van der Waals surface area contributed by atoms with Gasteiger partial charge in [0.05, 0.1) is 37.6 Å². The van der Waals surface area contributed by atoms with Gasteiger partial charge in [0, 0.05) is 11.9 Å². The summed E-state index contributed by atoms with van der Waals surface area (Å²) >= 11 is 0. The number of benzene rings is 1. The first-order chi connectivity index (χ1) is 14.5. The van der Waals surface area contributed by atoms with Gasteiger partial charge in [-0.2, -0.15) is 0 Å². The summed E-state index contributed by atoms with van der Waals surface area (Å²) in [6.45, 7) is 1.73. The average Bonchev–Trinajstić information content (AvgIpc) is 2.76. The zero-order valence-electron chi connectivity index (χ0n) is 17.2. The molecule has 1 aliphatic heterocycles. The van der Waals surface area contributed by atoms with Gasteiger partial charge in [0.25, 0.3) is 0 Å². The van der Waals surface area contributed by atoms with Crippen LogP contribution >= 0.6 is 0 Å².